The first-order valence-electron chi connectivity index (χ1n) is 4.85. The third-order valence-electron chi connectivity index (χ3n) is 1.83. The molecule has 4 heteroatoms. The van der Waals surface area contributed by atoms with Crippen LogP contribution in [-0.2, 0) is 6.54 Å². The maximum absolute atomic E-state index is 4.03. The summed E-state index contributed by atoms with van der Waals surface area (Å²) in [5, 5.41) is 7.41. The van der Waals surface area contributed by atoms with E-state index in [1.54, 1.807) is 12.7 Å². The average Bonchev–Trinajstić information content (AvgIpc) is 2.55. The number of aromatic nitrogens is 3. The highest BCUT2D eigenvalue weighted by atomic mass is 15.3. The van der Waals surface area contributed by atoms with Gasteiger partial charge in [0.25, 0.3) is 0 Å². The van der Waals surface area contributed by atoms with E-state index in [2.05, 4.69) is 29.2 Å². The molecule has 0 radical (unpaired) electrons. The van der Waals surface area contributed by atoms with Gasteiger partial charge in [0.1, 0.15) is 12.7 Å². The molecular weight excluding hydrogens is 164 g/mol. The van der Waals surface area contributed by atoms with Crippen molar-refractivity contribution >= 4 is 0 Å². The quantitative estimate of drug-likeness (QED) is 0.669. The van der Waals surface area contributed by atoms with E-state index in [1.165, 1.54) is 6.42 Å². The van der Waals surface area contributed by atoms with E-state index < -0.39 is 0 Å². The van der Waals surface area contributed by atoms with Gasteiger partial charge in [0.05, 0.1) is 0 Å². The molecule has 0 aliphatic rings. The Morgan fingerprint density at radius 1 is 1.38 bits per heavy atom. The van der Waals surface area contributed by atoms with Crippen LogP contribution in [0.25, 0.3) is 0 Å². The Bertz CT molecular complexity index is 205. The summed E-state index contributed by atoms with van der Waals surface area (Å²) < 4.78 is 1.87. The number of aryl methyl sites for hydroxylation is 1. The maximum Gasteiger partial charge on any atom is 0.137 e. The van der Waals surface area contributed by atoms with Crippen LogP contribution < -0.4 is 5.32 Å². The zero-order valence-electron chi connectivity index (χ0n) is 8.40. The lowest BCUT2D eigenvalue weighted by molar-refractivity contribution is 0.512. The second-order valence-corrected chi connectivity index (χ2v) is 3.47. The van der Waals surface area contributed by atoms with E-state index in [4.69, 9.17) is 0 Å². The summed E-state index contributed by atoms with van der Waals surface area (Å²) in [6, 6.07) is 0.589. The topological polar surface area (TPSA) is 42.7 Å². The van der Waals surface area contributed by atoms with Crippen LogP contribution in [-0.4, -0.2) is 27.4 Å². The molecular formula is C9H18N4. The molecule has 4 nitrogen and oxygen atoms in total. The van der Waals surface area contributed by atoms with Crippen LogP contribution in [0.2, 0.25) is 0 Å². The minimum atomic E-state index is 0.589. The van der Waals surface area contributed by atoms with Crippen LogP contribution in [0.5, 0.6) is 0 Å². The summed E-state index contributed by atoms with van der Waals surface area (Å²) in [4.78, 5) is 3.89. The van der Waals surface area contributed by atoms with E-state index >= 15 is 0 Å². The molecule has 0 aliphatic heterocycles. The molecule has 0 fully saturated rings. The van der Waals surface area contributed by atoms with Gasteiger partial charge in [-0.2, -0.15) is 5.10 Å². The van der Waals surface area contributed by atoms with E-state index in [-0.39, 0.29) is 0 Å². The minimum absolute atomic E-state index is 0.589. The molecule has 0 aromatic carbocycles. The van der Waals surface area contributed by atoms with Crippen molar-refractivity contribution in [2.24, 2.45) is 0 Å². The van der Waals surface area contributed by atoms with Gasteiger partial charge >= 0.3 is 0 Å². The van der Waals surface area contributed by atoms with Crippen molar-refractivity contribution in [2.75, 3.05) is 6.54 Å². The number of hydrogen-bond acceptors (Lipinski definition) is 3. The predicted octanol–water partition coefficient (Wildman–Crippen LogP) is 1.06. The predicted molar refractivity (Wildman–Crippen MR) is 52.4 cm³/mol. The van der Waals surface area contributed by atoms with Gasteiger partial charge in [-0.25, -0.2) is 4.98 Å². The largest absolute Gasteiger partial charge is 0.315 e. The van der Waals surface area contributed by atoms with Crippen LogP contribution >= 0.6 is 0 Å². The highest BCUT2D eigenvalue weighted by Crippen LogP contribution is 1.92. The molecule has 74 valence electrons. The monoisotopic (exact) mass is 182 g/mol. The van der Waals surface area contributed by atoms with Crippen LogP contribution in [0.3, 0.4) is 0 Å². The molecule has 0 amide bonds. The molecule has 0 atom stereocenters. The highest BCUT2D eigenvalue weighted by molar-refractivity contribution is 4.57. The van der Waals surface area contributed by atoms with Crippen molar-refractivity contribution < 1.29 is 0 Å². The zero-order valence-corrected chi connectivity index (χ0v) is 8.40. The number of nitrogens with one attached hydrogen (secondary N) is 1. The SMILES string of the molecule is CC(C)NCCCCn1cncn1. The number of hydrogen-bond donors (Lipinski definition) is 1. The fourth-order valence-electron chi connectivity index (χ4n) is 1.14. The van der Waals surface area contributed by atoms with Gasteiger partial charge < -0.3 is 5.32 Å². The van der Waals surface area contributed by atoms with Gasteiger partial charge in [-0.15, -0.1) is 0 Å². The Hall–Kier alpha value is -0.900. The maximum atomic E-state index is 4.03. The van der Waals surface area contributed by atoms with Crippen molar-refractivity contribution in [2.45, 2.75) is 39.3 Å². The fraction of sp³-hybridized carbons (Fsp3) is 0.778. The van der Waals surface area contributed by atoms with Gasteiger partial charge in [0, 0.05) is 12.6 Å². The molecule has 1 heterocycles. The van der Waals surface area contributed by atoms with Gasteiger partial charge in [0.15, 0.2) is 0 Å². The Balaban J connectivity index is 1.96. The molecule has 0 bridgehead atoms. The van der Waals surface area contributed by atoms with Crippen molar-refractivity contribution in [1.29, 1.82) is 0 Å². The first-order valence-corrected chi connectivity index (χ1v) is 4.85. The summed E-state index contributed by atoms with van der Waals surface area (Å²) in [6.45, 7) is 6.39. The second kappa shape index (κ2) is 5.70. The van der Waals surface area contributed by atoms with Gasteiger partial charge in [-0.05, 0) is 19.4 Å². The fourth-order valence-corrected chi connectivity index (χ4v) is 1.14. The summed E-state index contributed by atoms with van der Waals surface area (Å²) in [5.41, 5.74) is 0. The first kappa shape index (κ1) is 10.2. The molecule has 0 saturated heterocycles. The van der Waals surface area contributed by atoms with E-state index in [0.717, 1.165) is 19.5 Å². The zero-order chi connectivity index (χ0) is 9.52. The van der Waals surface area contributed by atoms with E-state index in [0.29, 0.717) is 6.04 Å². The van der Waals surface area contributed by atoms with E-state index in [1.807, 2.05) is 4.68 Å². The van der Waals surface area contributed by atoms with Crippen molar-refractivity contribution in [3.8, 4) is 0 Å². The lowest BCUT2D eigenvalue weighted by atomic mass is 10.3. The third kappa shape index (κ3) is 4.62. The van der Waals surface area contributed by atoms with E-state index in [9.17, 15) is 0 Å². The molecule has 0 saturated carbocycles. The summed E-state index contributed by atoms with van der Waals surface area (Å²) in [5.74, 6) is 0. The smallest absolute Gasteiger partial charge is 0.137 e. The molecule has 1 aromatic rings. The summed E-state index contributed by atoms with van der Waals surface area (Å²) >= 11 is 0. The van der Waals surface area contributed by atoms with Gasteiger partial charge in [0.2, 0.25) is 0 Å². The van der Waals surface area contributed by atoms with Crippen molar-refractivity contribution in [3.05, 3.63) is 12.7 Å². The van der Waals surface area contributed by atoms with Crippen LogP contribution in [0.4, 0.5) is 0 Å². The molecule has 1 N–H and O–H groups in total. The molecule has 13 heavy (non-hydrogen) atoms. The third-order valence-corrected chi connectivity index (χ3v) is 1.83. The van der Waals surface area contributed by atoms with Gasteiger partial charge in [-0.3, -0.25) is 4.68 Å². The average molecular weight is 182 g/mol. The van der Waals surface area contributed by atoms with Crippen molar-refractivity contribution in [3.63, 3.8) is 0 Å². The Labute approximate surface area is 79.4 Å². The van der Waals surface area contributed by atoms with Crippen LogP contribution in [0.15, 0.2) is 12.7 Å². The molecule has 0 aliphatic carbocycles. The van der Waals surface area contributed by atoms with Crippen LogP contribution in [0, 0.1) is 0 Å². The Kier molecular flexibility index (Phi) is 4.46. The molecule has 0 unspecified atom stereocenters. The minimum Gasteiger partial charge on any atom is -0.315 e. The number of rotatable bonds is 6. The molecule has 1 rings (SSSR count). The molecule has 1 aromatic heterocycles. The standard InChI is InChI=1S/C9H18N4/c1-9(2)11-5-3-4-6-13-8-10-7-12-13/h7-9,11H,3-6H2,1-2H3. The lowest BCUT2D eigenvalue weighted by Gasteiger charge is -2.07. The molecule has 0 spiro atoms. The number of nitrogens with zero attached hydrogens (tertiary/aromatic N) is 3. The normalized spacial score (nSPS) is 11.0. The second-order valence-electron chi connectivity index (χ2n) is 3.47. The first-order chi connectivity index (χ1) is 6.29. The highest BCUT2D eigenvalue weighted by Gasteiger charge is 1.93. The Morgan fingerprint density at radius 2 is 2.23 bits per heavy atom. The lowest BCUT2D eigenvalue weighted by Crippen LogP contribution is -2.23. The summed E-state index contributed by atoms with van der Waals surface area (Å²) in [6.07, 6.45) is 5.68. The van der Waals surface area contributed by atoms with Crippen molar-refractivity contribution in [1.82, 2.24) is 20.1 Å². The van der Waals surface area contributed by atoms with Crippen LogP contribution in [0.1, 0.15) is 26.7 Å². The summed E-state index contributed by atoms with van der Waals surface area (Å²) in [7, 11) is 0. The number of unbranched alkanes of at least 4 members (excludes halogenated alkanes) is 1. The Morgan fingerprint density at radius 3 is 2.85 bits per heavy atom. The van der Waals surface area contributed by atoms with Gasteiger partial charge in [-0.1, -0.05) is 13.8 Å².